The maximum Gasteiger partial charge on any atom is 0.338 e. The number of ether oxygens (including phenoxy) is 3. The highest BCUT2D eigenvalue weighted by Crippen LogP contribution is 2.44. The van der Waals surface area contributed by atoms with Crippen LogP contribution in [0.3, 0.4) is 0 Å². The van der Waals surface area contributed by atoms with Crippen LogP contribution in [0.25, 0.3) is 0 Å². The summed E-state index contributed by atoms with van der Waals surface area (Å²) in [6.45, 7) is 2.36. The number of thioether (sulfide) groups is 1. The van der Waals surface area contributed by atoms with Crippen LogP contribution < -0.4 is 14.8 Å². The number of methoxy groups -OCH3 is 1. The number of hydrogen-bond donors (Lipinski definition) is 1. The summed E-state index contributed by atoms with van der Waals surface area (Å²) in [5.74, 6) is 1.93. The molecule has 1 N–H and O–H groups in total. The van der Waals surface area contributed by atoms with Crippen LogP contribution in [-0.2, 0) is 21.7 Å². The number of anilines is 1. The van der Waals surface area contributed by atoms with Gasteiger partial charge in [-0.3, -0.25) is 0 Å². The molecule has 1 saturated carbocycles. The van der Waals surface area contributed by atoms with Gasteiger partial charge in [-0.05, 0) is 83.4 Å². The van der Waals surface area contributed by atoms with E-state index >= 15 is 0 Å². The Morgan fingerprint density at radius 3 is 2.61 bits per heavy atom. The molecule has 1 aliphatic heterocycles. The second-order valence-corrected chi connectivity index (χ2v) is 13.6. The predicted octanol–water partition coefficient (Wildman–Crippen LogP) is 8.78. The Bertz CT molecular complexity index is 1730. The van der Waals surface area contributed by atoms with Crippen molar-refractivity contribution in [3.63, 3.8) is 0 Å². The molecule has 6 rings (SSSR count). The molecule has 0 radical (unpaired) electrons. The lowest BCUT2D eigenvalue weighted by atomic mass is 9.94. The normalized spacial score (nSPS) is 16.5. The first kappa shape index (κ1) is 32.5. The zero-order chi connectivity index (χ0) is 32.0. The third kappa shape index (κ3) is 7.40. The SMILES string of the molecule is COc1cc(C2C(C(=O)OC3CCCCC3)=C(C)Nc3nc(SCc4ccccc4Cl)nn32)cc(Br)c1OCCc1ccccc1. The van der Waals surface area contributed by atoms with Crippen LogP contribution in [0.1, 0.15) is 61.8 Å². The van der Waals surface area contributed by atoms with Crippen molar-refractivity contribution in [3.05, 3.63) is 104 Å². The minimum atomic E-state index is -0.613. The molecular formula is C35H36BrClN4O4S. The summed E-state index contributed by atoms with van der Waals surface area (Å²) >= 11 is 11.6. The number of allylic oxidation sites excluding steroid dienone is 1. The first-order valence-corrected chi connectivity index (χ1v) is 17.6. The molecule has 0 bridgehead atoms. The maximum atomic E-state index is 13.9. The van der Waals surface area contributed by atoms with Crippen molar-refractivity contribution < 1.29 is 19.0 Å². The van der Waals surface area contributed by atoms with E-state index in [1.807, 2.05) is 61.5 Å². The number of hydrogen-bond acceptors (Lipinski definition) is 8. The molecule has 11 heteroatoms. The molecule has 3 aromatic carbocycles. The van der Waals surface area contributed by atoms with Crippen LogP contribution in [0.2, 0.25) is 5.02 Å². The van der Waals surface area contributed by atoms with Crippen molar-refractivity contribution in [3.8, 4) is 11.5 Å². The van der Waals surface area contributed by atoms with Crippen LogP contribution >= 0.6 is 39.3 Å². The molecule has 8 nitrogen and oxygen atoms in total. The molecule has 240 valence electrons. The number of carbonyl (C=O) groups is 1. The predicted molar refractivity (Wildman–Crippen MR) is 185 cm³/mol. The van der Waals surface area contributed by atoms with Gasteiger partial charge in [-0.25, -0.2) is 9.48 Å². The highest BCUT2D eigenvalue weighted by atomic mass is 79.9. The molecule has 0 saturated heterocycles. The van der Waals surface area contributed by atoms with E-state index in [0.717, 1.165) is 43.2 Å². The van der Waals surface area contributed by atoms with Crippen LogP contribution in [0.5, 0.6) is 11.5 Å². The van der Waals surface area contributed by atoms with Crippen LogP contribution in [0.4, 0.5) is 5.95 Å². The minimum absolute atomic E-state index is 0.0947. The smallest absolute Gasteiger partial charge is 0.338 e. The number of benzene rings is 3. The van der Waals surface area contributed by atoms with Crippen LogP contribution in [-0.4, -0.2) is 40.6 Å². The van der Waals surface area contributed by atoms with Gasteiger partial charge in [0.25, 0.3) is 0 Å². The molecule has 1 aliphatic carbocycles. The van der Waals surface area contributed by atoms with Gasteiger partial charge in [0.2, 0.25) is 11.1 Å². The molecule has 46 heavy (non-hydrogen) atoms. The molecule has 0 amide bonds. The van der Waals surface area contributed by atoms with Gasteiger partial charge in [0, 0.05) is 22.9 Å². The number of fused-ring (bicyclic) bond motifs is 1. The monoisotopic (exact) mass is 722 g/mol. The largest absolute Gasteiger partial charge is 0.493 e. The summed E-state index contributed by atoms with van der Waals surface area (Å²) in [5.41, 5.74) is 4.12. The Hall–Kier alpha value is -3.47. The van der Waals surface area contributed by atoms with Crippen LogP contribution in [0.15, 0.2) is 87.6 Å². The number of carbonyl (C=O) groups excluding carboxylic acids is 1. The third-order valence-electron chi connectivity index (χ3n) is 8.24. The molecule has 1 fully saturated rings. The summed E-state index contributed by atoms with van der Waals surface area (Å²) in [6, 6.07) is 21.2. The summed E-state index contributed by atoms with van der Waals surface area (Å²) in [4.78, 5) is 18.7. The van der Waals surface area contributed by atoms with E-state index < -0.39 is 6.04 Å². The van der Waals surface area contributed by atoms with Crippen LogP contribution in [0, 0.1) is 0 Å². The number of esters is 1. The molecule has 0 spiro atoms. The van der Waals surface area contributed by atoms with E-state index in [9.17, 15) is 4.79 Å². The summed E-state index contributed by atoms with van der Waals surface area (Å²) in [7, 11) is 1.61. The van der Waals surface area contributed by atoms with Gasteiger partial charge in [-0.1, -0.05) is 78.3 Å². The van der Waals surface area contributed by atoms with Crippen molar-refractivity contribution in [1.82, 2.24) is 14.8 Å². The van der Waals surface area contributed by atoms with Gasteiger partial charge in [0.1, 0.15) is 12.1 Å². The standard InChI is InChI=1S/C35H36BrClN4O4S/c1-22-30(33(42)45-26-14-7-4-8-15-26)31(41-34(38-22)39-35(40-41)46-21-24-13-9-10-16-28(24)37)25-19-27(36)32(29(20-25)43-2)44-18-17-23-11-5-3-6-12-23/h3,5-6,9-13,16,19-20,26,31H,4,7-8,14-15,17-18,21H2,1-2H3,(H,38,39,40). The number of aromatic nitrogens is 3. The molecule has 1 aromatic heterocycles. The topological polar surface area (TPSA) is 87.5 Å². The average molecular weight is 724 g/mol. The zero-order valence-electron chi connectivity index (χ0n) is 25.8. The number of rotatable bonds is 11. The van der Waals surface area contributed by atoms with Crippen molar-refractivity contribution >= 4 is 51.2 Å². The fourth-order valence-corrected chi connectivity index (χ4v) is 7.56. The van der Waals surface area contributed by atoms with E-state index in [-0.39, 0.29) is 12.1 Å². The summed E-state index contributed by atoms with van der Waals surface area (Å²) in [5, 5.41) is 9.47. The second kappa shape index (κ2) is 15.0. The van der Waals surface area contributed by atoms with Gasteiger partial charge in [-0.2, -0.15) is 4.98 Å². The van der Waals surface area contributed by atoms with E-state index in [1.165, 1.54) is 23.7 Å². The lowest BCUT2D eigenvalue weighted by Gasteiger charge is -2.30. The Labute approximate surface area is 287 Å². The van der Waals surface area contributed by atoms with Crippen molar-refractivity contribution in [2.24, 2.45) is 0 Å². The fourth-order valence-electron chi connectivity index (χ4n) is 5.87. The van der Waals surface area contributed by atoms with Gasteiger partial charge in [0.15, 0.2) is 11.5 Å². The first-order valence-electron chi connectivity index (χ1n) is 15.5. The number of halogens is 2. The van der Waals surface area contributed by atoms with E-state index in [0.29, 0.717) is 55.7 Å². The summed E-state index contributed by atoms with van der Waals surface area (Å²) < 4.78 is 20.6. The maximum absolute atomic E-state index is 13.9. The highest BCUT2D eigenvalue weighted by molar-refractivity contribution is 9.10. The lowest BCUT2D eigenvalue weighted by molar-refractivity contribution is -0.146. The van der Waals surface area contributed by atoms with Crippen molar-refractivity contribution in [2.75, 3.05) is 19.0 Å². The van der Waals surface area contributed by atoms with E-state index in [1.54, 1.807) is 11.8 Å². The van der Waals surface area contributed by atoms with Crippen molar-refractivity contribution in [2.45, 2.75) is 68.5 Å². The van der Waals surface area contributed by atoms with E-state index in [4.69, 9.17) is 35.9 Å². The lowest BCUT2D eigenvalue weighted by Crippen LogP contribution is -2.32. The zero-order valence-corrected chi connectivity index (χ0v) is 29.0. The van der Waals surface area contributed by atoms with E-state index in [2.05, 4.69) is 33.4 Å². The van der Waals surface area contributed by atoms with Gasteiger partial charge in [-0.15, -0.1) is 5.10 Å². The second-order valence-electron chi connectivity index (χ2n) is 11.4. The molecular weight excluding hydrogens is 688 g/mol. The first-order chi connectivity index (χ1) is 22.4. The highest BCUT2D eigenvalue weighted by Gasteiger charge is 2.37. The van der Waals surface area contributed by atoms with Gasteiger partial charge < -0.3 is 19.5 Å². The van der Waals surface area contributed by atoms with Gasteiger partial charge >= 0.3 is 5.97 Å². The quantitative estimate of drug-likeness (QED) is 0.121. The van der Waals surface area contributed by atoms with Crippen molar-refractivity contribution in [1.29, 1.82) is 0 Å². The average Bonchev–Trinajstić information content (AvgIpc) is 3.47. The summed E-state index contributed by atoms with van der Waals surface area (Å²) in [6.07, 6.45) is 5.71. The Morgan fingerprint density at radius 1 is 1.09 bits per heavy atom. The Balaban J connectivity index is 1.32. The molecule has 2 heterocycles. The minimum Gasteiger partial charge on any atom is -0.493 e. The molecule has 2 aliphatic rings. The Morgan fingerprint density at radius 2 is 1.85 bits per heavy atom. The Kier molecular flexibility index (Phi) is 10.6. The molecule has 1 atom stereocenters. The molecule has 1 unspecified atom stereocenters. The fraction of sp³-hybridized carbons (Fsp3) is 0.343. The van der Waals surface area contributed by atoms with Gasteiger partial charge in [0.05, 0.1) is 23.8 Å². The number of nitrogens with zero attached hydrogens (tertiary/aromatic N) is 3. The molecule has 4 aromatic rings. The third-order valence-corrected chi connectivity index (χ3v) is 10.1. The number of nitrogens with one attached hydrogen (secondary N) is 1.